The van der Waals surface area contributed by atoms with Crippen molar-refractivity contribution in [2.75, 3.05) is 25.5 Å². The molecule has 1 aliphatic rings. The first-order chi connectivity index (χ1) is 12.5. The Hall–Kier alpha value is -2.12. The van der Waals surface area contributed by atoms with E-state index in [9.17, 15) is 10.1 Å². The average molecular weight is 420 g/mol. The summed E-state index contributed by atoms with van der Waals surface area (Å²) in [6.07, 6.45) is 1.91. The summed E-state index contributed by atoms with van der Waals surface area (Å²) in [6, 6.07) is 13.5. The Bertz CT molecular complexity index is 776. The lowest BCUT2D eigenvalue weighted by atomic mass is 10.0. The summed E-state index contributed by atoms with van der Waals surface area (Å²) >= 11 is 3.29. The SMILES string of the molecule is COc1cccc(CN2CCC(Nc3ccc(Br)cc3[N+](=O)[O-])CC2)c1. The second-order valence-electron chi connectivity index (χ2n) is 6.46. The number of ether oxygens (including phenoxy) is 1. The number of hydrogen-bond acceptors (Lipinski definition) is 5. The molecule has 0 atom stereocenters. The number of rotatable bonds is 6. The molecule has 138 valence electrons. The van der Waals surface area contributed by atoms with E-state index >= 15 is 0 Å². The van der Waals surface area contributed by atoms with Crippen LogP contribution in [0.4, 0.5) is 11.4 Å². The van der Waals surface area contributed by atoms with Crippen molar-refractivity contribution >= 4 is 27.3 Å². The van der Waals surface area contributed by atoms with Gasteiger partial charge in [-0.15, -0.1) is 0 Å². The first kappa shape index (κ1) is 18.7. The molecule has 0 bridgehead atoms. The van der Waals surface area contributed by atoms with Crippen LogP contribution in [0.5, 0.6) is 5.75 Å². The van der Waals surface area contributed by atoms with Gasteiger partial charge < -0.3 is 10.1 Å². The number of hydrogen-bond donors (Lipinski definition) is 1. The molecule has 1 fully saturated rings. The van der Waals surface area contributed by atoms with Crippen LogP contribution in [-0.2, 0) is 6.54 Å². The summed E-state index contributed by atoms with van der Waals surface area (Å²) in [7, 11) is 1.68. The van der Waals surface area contributed by atoms with E-state index in [0.717, 1.165) is 38.2 Å². The molecule has 1 aliphatic heterocycles. The molecule has 0 radical (unpaired) electrons. The Morgan fingerprint density at radius 1 is 1.27 bits per heavy atom. The summed E-state index contributed by atoms with van der Waals surface area (Å²) in [5.41, 5.74) is 1.93. The van der Waals surface area contributed by atoms with E-state index in [-0.39, 0.29) is 16.7 Å². The zero-order valence-corrected chi connectivity index (χ0v) is 16.2. The van der Waals surface area contributed by atoms with Gasteiger partial charge in [-0.1, -0.05) is 28.1 Å². The van der Waals surface area contributed by atoms with Gasteiger partial charge in [0.2, 0.25) is 0 Å². The number of nitrogens with zero attached hydrogens (tertiary/aromatic N) is 2. The molecule has 1 heterocycles. The molecule has 1 N–H and O–H groups in total. The fourth-order valence-corrected chi connectivity index (χ4v) is 3.61. The number of piperidine rings is 1. The normalized spacial score (nSPS) is 15.6. The van der Waals surface area contributed by atoms with E-state index in [1.807, 2.05) is 18.2 Å². The number of anilines is 1. The fraction of sp³-hybridized carbons (Fsp3) is 0.368. The topological polar surface area (TPSA) is 67.6 Å². The molecule has 0 spiro atoms. The summed E-state index contributed by atoms with van der Waals surface area (Å²) in [5, 5.41) is 14.6. The lowest BCUT2D eigenvalue weighted by molar-refractivity contribution is -0.384. The van der Waals surface area contributed by atoms with Crippen molar-refractivity contribution in [3.63, 3.8) is 0 Å². The predicted molar refractivity (Wildman–Crippen MR) is 106 cm³/mol. The Balaban J connectivity index is 1.56. The van der Waals surface area contributed by atoms with E-state index in [1.165, 1.54) is 5.56 Å². The molecule has 2 aromatic rings. The van der Waals surface area contributed by atoms with Crippen molar-refractivity contribution in [2.24, 2.45) is 0 Å². The van der Waals surface area contributed by atoms with Gasteiger partial charge in [-0.05, 0) is 42.7 Å². The van der Waals surface area contributed by atoms with Gasteiger partial charge in [-0.2, -0.15) is 0 Å². The van der Waals surface area contributed by atoms with E-state index in [0.29, 0.717) is 10.2 Å². The Morgan fingerprint density at radius 3 is 2.73 bits per heavy atom. The third-order valence-corrected chi connectivity index (χ3v) is 5.14. The minimum atomic E-state index is -0.342. The van der Waals surface area contributed by atoms with Gasteiger partial charge >= 0.3 is 0 Å². The maximum Gasteiger partial charge on any atom is 0.293 e. The van der Waals surface area contributed by atoms with Crippen LogP contribution in [0.3, 0.4) is 0 Å². The minimum Gasteiger partial charge on any atom is -0.497 e. The molecule has 26 heavy (non-hydrogen) atoms. The highest BCUT2D eigenvalue weighted by atomic mass is 79.9. The highest BCUT2D eigenvalue weighted by Crippen LogP contribution is 2.30. The first-order valence-electron chi connectivity index (χ1n) is 8.61. The molecule has 0 unspecified atom stereocenters. The second kappa shape index (κ2) is 8.51. The zero-order valence-electron chi connectivity index (χ0n) is 14.7. The molecule has 2 aromatic carbocycles. The maximum atomic E-state index is 11.2. The van der Waals surface area contributed by atoms with E-state index < -0.39 is 0 Å². The predicted octanol–water partition coefficient (Wildman–Crippen LogP) is 4.44. The molecule has 0 amide bonds. The Morgan fingerprint density at radius 2 is 2.04 bits per heavy atom. The average Bonchev–Trinajstić information content (AvgIpc) is 2.65. The van der Waals surface area contributed by atoms with Crippen molar-refractivity contribution in [3.05, 3.63) is 62.6 Å². The number of nitrogens with one attached hydrogen (secondary N) is 1. The minimum absolute atomic E-state index is 0.109. The summed E-state index contributed by atoms with van der Waals surface area (Å²) in [6.45, 7) is 2.81. The van der Waals surface area contributed by atoms with Crippen molar-refractivity contribution < 1.29 is 9.66 Å². The zero-order chi connectivity index (χ0) is 18.5. The largest absolute Gasteiger partial charge is 0.497 e. The molecule has 7 heteroatoms. The van der Waals surface area contributed by atoms with Crippen molar-refractivity contribution in [1.82, 2.24) is 4.90 Å². The highest BCUT2D eigenvalue weighted by Gasteiger charge is 2.22. The van der Waals surface area contributed by atoms with Crippen LogP contribution in [0, 0.1) is 10.1 Å². The molecule has 0 aromatic heterocycles. The standard InChI is InChI=1S/C19H22BrN3O3/c1-26-17-4-2-3-14(11-17)13-22-9-7-16(8-10-22)21-18-6-5-15(20)12-19(18)23(24)25/h2-6,11-12,16,21H,7-10,13H2,1H3. The van der Waals surface area contributed by atoms with Crippen molar-refractivity contribution in [2.45, 2.75) is 25.4 Å². The van der Waals surface area contributed by atoms with Crippen molar-refractivity contribution in [1.29, 1.82) is 0 Å². The molecular formula is C19H22BrN3O3. The third kappa shape index (κ3) is 4.74. The van der Waals surface area contributed by atoms with Crippen LogP contribution in [0.25, 0.3) is 0 Å². The molecule has 6 nitrogen and oxygen atoms in total. The Labute approximate surface area is 161 Å². The van der Waals surface area contributed by atoms with Gasteiger partial charge in [-0.3, -0.25) is 15.0 Å². The summed E-state index contributed by atoms with van der Waals surface area (Å²) < 4.78 is 5.99. The molecule has 0 aliphatic carbocycles. The van der Waals surface area contributed by atoms with Crippen LogP contribution in [0.2, 0.25) is 0 Å². The Kier molecular flexibility index (Phi) is 6.11. The van der Waals surface area contributed by atoms with Gasteiger partial charge in [0.25, 0.3) is 5.69 Å². The van der Waals surface area contributed by atoms with E-state index in [2.05, 4.69) is 38.3 Å². The first-order valence-corrected chi connectivity index (χ1v) is 9.40. The maximum absolute atomic E-state index is 11.2. The highest BCUT2D eigenvalue weighted by molar-refractivity contribution is 9.10. The van der Waals surface area contributed by atoms with Crippen LogP contribution < -0.4 is 10.1 Å². The van der Waals surface area contributed by atoms with Crippen molar-refractivity contribution in [3.8, 4) is 5.75 Å². The number of methoxy groups -OCH3 is 1. The molecular weight excluding hydrogens is 398 g/mol. The smallest absolute Gasteiger partial charge is 0.293 e. The lowest BCUT2D eigenvalue weighted by Crippen LogP contribution is -2.38. The van der Waals surface area contributed by atoms with Gasteiger partial charge in [0, 0.05) is 36.2 Å². The summed E-state index contributed by atoms with van der Waals surface area (Å²) in [4.78, 5) is 13.3. The van der Waals surface area contributed by atoms with Crippen LogP contribution >= 0.6 is 15.9 Å². The van der Waals surface area contributed by atoms with Gasteiger partial charge in [0.1, 0.15) is 11.4 Å². The third-order valence-electron chi connectivity index (χ3n) is 4.64. The van der Waals surface area contributed by atoms with E-state index in [1.54, 1.807) is 19.2 Å². The fourth-order valence-electron chi connectivity index (χ4n) is 3.26. The molecule has 1 saturated heterocycles. The number of nitro groups is 1. The van der Waals surface area contributed by atoms with E-state index in [4.69, 9.17) is 4.74 Å². The second-order valence-corrected chi connectivity index (χ2v) is 7.38. The van der Waals surface area contributed by atoms with Crippen LogP contribution in [0.1, 0.15) is 18.4 Å². The summed E-state index contributed by atoms with van der Waals surface area (Å²) in [5.74, 6) is 0.876. The van der Waals surface area contributed by atoms with Crippen LogP contribution in [0.15, 0.2) is 46.9 Å². The number of nitro benzene ring substituents is 1. The van der Waals surface area contributed by atoms with Gasteiger partial charge in [0.05, 0.1) is 12.0 Å². The quantitative estimate of drug-likeness (QED) is 0.553. The van der Waals surface area contributed by atoms with Crippen LogP contribution in [-0.4, -0.2) is 36.1 Å². The number of benzene rings is 2. The lowest BCUT2D eigenvalue weighted by Gasteiger charge is -2.32. The van der Waals surface area contributed by atoms with Gasteiger partial charge in [-0.25, -0.2) is 0 Å². The number of likely N-dealkylation sites (tertiary alicyclic amines) is 1. The van der Waals surface area contributed by atoms with Gasteiger partial charge in [0.15, 0.2) is 0 Å². The number of halogens is 1. The molecule has 0 saturated carbocycles. The monoisotopic (exact) mass is 419 g/mol. The molecule has 3 rings (SSSR count).